The van der Waals surface area contributed by atoms with Crippen molar-refractivity contribution in [3.8, 4) is 5.88 Å². The highest BCUT2D eigenvalue weighted by molar-refractivity contribution is 7.10. The van der Waals surface area contributed by atoms with Crippen molar-refractivity contribution in [1.29, 1.82) is 0 Å². The van der Waals surface area contributed by atoms with Gasteiger partial charge in [-0.2, -0.15) is 30.7 Å². The number of nitrogens with one attached hydrogen (secondary N) is 2. The van der Waals surface area contributed by atoms with E-state index in [1.807, 2.05) is 0 Å². The fourth-order valence-electron chi connectivity index (χ4n) is 3.70. The number of amides is 1. The minimum absolute atomic E-state index is 0.00288. The zero-order chi connectivity index (χ0) is 27.5. The predicted molar refractivity (Wildman–Crippen MR) is 126 cm³/mol. The number of aryl methyl sites for hydroxylation is 1. The van der Waals surface area contributed by atoms with E-state index >= 15 is 0 Å². The summed E-state index contributed by atoms with van der Waals surface area (Å²) in [6.07, 6.45) is -5.41. The number of hydrogen-bond acceptors (Lipinski definition) is 9. The Bertz CT molecular complexity index is 1240. The molecule has 1 aliphatic rings. The van der Waals surface area contributed by atoms with Gasteiger partial charge in [0.05, 0.1) is 42.1 Å². The minimum atomic E-state index is -4.62. The summed E-state index contributed by atoms with van der Waals surface area (Å²) < 4.78 is 85.6. The number of hydrogen-bond donors (Lipinski definition) is 2. The van der Waals surface area contributed by atoms with Gasteiger partial charge in [-0.15, -0.1) is 0 Å². The summed E-state index contributed by atoms with van der Waals surface area (Å²) in [4.78, 5) is 25.4. The van der Waals surface area contributed by atoms with E-state index in [9.17, 15) is 31.1 Å². The van der Waals surface area contributed by atoms with Crippen LogP contribution < -0.4 is 15.4 Å². The minimum Gasteiger partial charge on any atom is -0.474 e. The molecule has 38 heavy (non-hydrogen) atoms. The van der Waals surface area contributed by atoms with Crippen LogP contribution in [0.5, 0.6) is 5.88 Å². The zero-order valence-corrected chi connectivity index (χ0v) is 20.5. The van der Waals surface area contributed by atoms with E-state index in [0.29, 0.717) is 30.4 Å². The Hall–Kier alpha value is -3.53. The first kappa shape index (κ1) is 27.5. The number of alkyl halides is 6. The van der Waals surface area contributed by atoms with Gasteiger partial charge >= 0.3 is 12.4 Å². The molecule has 9 nitrogen and oxygen atoms in total. The standard InChI is InChI=1S/C22H21F6N7O2S/c1-12-18(20(38-34-12)33-16-10-29-15(9-30-16)22(26,27)28)19(36)32-13-2-3-17(31-8-13)37-14-4-6-35(7-5-14)11-21(23,24)25/h2-3,8-10,14H,4-7,11H2,1H3,(H,30,33)(H,32,36). The van der Waals surface area contributed by atoms with E-state index in [1.165, 1.54) is 17.2 Å². The quantitative estimate of drug-likeness (QED) is 0.386. The lowest BCUT2D eigenvalue weighted by Gasteiger charge is -2.32. The molecule has 3 aromatic rings. The van der Waals surface area contributed by atoms with Gasteiger partial charge in [-0.25, -0.2) is 15.0 Å². The number of likely N-dealkylation sites (tertiary alicyclic amines) is 1. The van der Waals surface area contributed by atoms with Crippen LogP contribution in [0.1, 0.15) is 34.6 Å². The van der Waals surface area contributed by atoms with Crippen LogP contribution in [0.4, 0.5) is 42.8 Å². The van der Waals surface area contributed by atoms with E-state index in [-0.39, 0.29) is 41.5 Å². The molecule has 2 N–H and O–H groups in total. The Balaban J connectivity index is 1.33. The summed E-state index contributed by atoms with van der Waals surface area (Å²) in [6, 6.07) is 3.09. The molecule has 204 valence electrons. The lowest BCUT2D eigenvalue weighted by Crippen LogP contribution is -2.42. The molecule has 0 unspecified atom stereocenters. The third kappa shape index (κ3) is 7.28. The van der Waals surface area contributed by atoms with Crippen LogP contribution in [0.25, 0.3) is 0 Å². The highest BCUT2D eigenvalue weighted by atomic mass is 32.1. The molecule has 0 aliphatic carbocycles. The Morgan fingerprint density at radius 2 is 1.82 bits per heavy atom. The van der Waals surface area contributed by atoms with E-state index in [2.05, 4.69) is 30.0 Å². The van der Waals surface area contributed by atoms with Crippen LogP contribution in [0.3, 0.4) is 0 Å². The van der Waals surface area contributed by atoms with E-state index in [4.69, 9.17) is 4.74 Å². The molecule has 1 aliphatic heterocycles. The fourth-order valence-corrected chi connectivity index (χ4v) is 4.51. The number of anilines is 3. The first-order valence-electron chi connectivity index (χ1n) is 11.2. The largest absolute Gasteiger partial charge is 0.474 e. The monoisotopic (exact) mass is 561 g/mol. The van der Waals surface area contributed by atoms with Gasteiger partial charge in [0.1, 0.15) is 16.9 Å². The number of nitrogens with zero attached hydrogens (tertiary/aromatic N) is 5. The first-order chi connectivity index (χ1) is 17.9. The predicted octanol–water partition coefficient (Wildman–Crippen LogP) is 5.06. The van der Waals surface area contributed by atoms with Crippen molar-refractivity contribution in [2.75, 3.05) is 30.3 Å². The number of rotatable bonds is 7. The second-order valence-electron chi connectivity index (χ2n) is 8.43. The lowest BCUT2D eigenvalue weighted by atomic mass is 10.1. The number of halogens is 6. The van der Waals surface area contributed by atoms with Crippen molar-refractivity contribution < 1.29 is 35.9 Å². The molecule has 1 fully saturated rings. The summed E-state index contributed by atoms with van der Waals surface area (Å²) in [5.41, 5.74) is -0.246. The second kappa shape index (κ2) is 11.1. The van der Waals surface area contributed by atoms with Gasteiger partial charge in [0, 0.05) is 19.2 Å². The summed E-state index contributed by atoms with van der Waals surface area (Å²) >= 11 is 0.931. The average Bonchev–Trinajstić information content (AvgIpc) is 3.20. The molecule has 0 aromatic carbocycles. The van der Waals surface area contributed by atoms with Crippen molar-refractivity contribution in [3.05, 3.63) is 47.7 Å². The van der Waals surface area contributed by atoms with Gasteiger partial charge in [-0.1, -0.05) is 0 Å². The zero-order valence-electron chi connectivity index (χ0n) is 19.7. The molecular weight excluding hydrogens is 540 g/mol. The van der Waals surface area contributed by atoms with Gasteiger partial charge in [-0.05, 0) is 37.4 Å². The van der Waals surface area contributed by atoms with Crippen molar-refractivity contribution in [3.63, 3.8) is 0 Å². The molecule has 4 rings (SSSR count). The van der Waals surface area contributed by atoms with Gasteiger partial charge in [-0.3, -0.25) is 9.69 Å². The first-order valence-corrected chi connectivity index (χ1v) is 12.0. The normalized spacial score (nSPS) is 15.3. The molecule has 3 aromatic heterocycles. The van der Waals surface area contributed by atoms with Gasteiger partial charge in [0.2, 0.25) is 5.88 Å². The molecule has 16 heteroatoms. The van der Waals surface area contributed by atoms with Crippen molar-refractivity contribution in [1.82, 2.24) is 24.2 Å². The average molecular weight is 562 g/mol. The van der Waals surface area contributed by atoms with Gasteiger partial charge < -0.3 is 15.4 Å². The van der Waals surface area contributed by atoms with Crippen molar-refractivity contribution in [2.24, 2.45) is 0 Å². The smallest absolute Gasteiger partial charge is 0.434 e. The van der Waals surface area contributed by atoms with Gasteiger partial charge in [0.15, 0.2) is 5.69 Å². The second-order valence-corrected chi connectivity index (χ2v) is 9.20. The highest BCUT2D eigenvalue weighted by Gasteiger charge is 2.34. The summed E-state index contributed by atoms with van der Waals surface area (Å²) in [6.45, 7) is 1.19. The number of carbonyl (C=O) groups excluding carboxylic acids is 1. The molecular formula is C22H21F6N7O2S. The molecule has 0 spiro atoms. The molecule has 1 amide bonds. The van der Waals surface area contributed by atoms with Crippen LogP contribution in [-0.2, 0) is 6.18 Å². The number of piperidine rings is 1. The maximum absolute atomic E-state index is 12.9. The fraction of sp³-hybridized carbons (Fsp3) is 0.409. The molecule has 0 atom stereocenters. The van der Waals surface area contributed by atoms with E-state index in [1.54, 1.807) is 13.0 Å². The van der Waals surface area contributed by atoms with Crippen LogP contribution in [0, 0.1) is 6.92 Å². The highest BCUT2D eigenvalue weighted by Crippen LogP contribution is 2.30. The number of aromatic nitrogens is 4. The Morgan fingerprint density at radius 3 is 2.39 bits per heavy atom. The number of carbonyl (C=O) groups is 1. The van der Waals surface area contributed by atoms with Crippen molar-refractivity contribution >= 4 is 33.9 Å². The Labute approximate surface area is 216 Å². The molecule has 4 heterocycles. The van der Waals surface area contributed by atoms with Crippen LogP contribution >= 0.6 is 11.5 Å². The molecule has 0 saturated carbocycles. The summed E-state index contributed by atoms with van der Waals surface area (Å²) in [5, 5.41) is 5.69. The number of ether oxygens (including phenoxy) is 1. The number of pyridine rings is 1. The third-order valence-electron chi connectivity index (χ3n) is 5.49. The van der Waals surface area contributed by atoms with Crippen LogP contribution in [-0.4, -0.2) is 62.0 Å². The van der Waals surface area contributed by atoms with Crippen LogP contribution in [0.2, 0.25) is 0 Å². The third-order valence-corrected chi connectivity index (χ3v) is 6.35. The van der Waals surface area contributed by atoms with E-state index in [0.717, 1.165) is 17.7 Å². The topological polar surface area (TPSA) is 105 Å². The summed E-state index contributed by atoms with van der Waals surface area (Å²) in [5.74, 6) is -0.261. The van der Waals surface area contributed by atoms with Crippen LogP contribution in [0.15, 0.2) is 30.7 Å². The Kier molecular flexibility index (Phi) is 8.01. The molecule has 0 radical (unpaired) electrons. The van der Waals surface area contributed by atoms with Crippen molar-refractivity contribution in [2.45, 2.75) is 38.2 Å². The maximum atomic E-state index is 12.9. The maximum Gasteiger partial charge on any atom is 0.434 e. The van der Waals surface area contributed by atoms with E-state index < -0.39 is 30.5 Å². The Morgan fingerprint density at radius 1 is 1.08 bits per heavy atom. The lowest BCUT2D eigenvalue weighted by molar-refractivity contribution is -0.149. The summed E-state index contributed by atoms with van der Waals surface area (Å²) in [7, 11) is 0. The SMILES string of the molecule is Cc1nsc(Nc2cnc(C(F)(F)F)cn2)c1C(=O)Nc1ccc(OC2CCN(CC(F)(F)F)CC2)nc1. The van der Waals surface area contributed by atoms with Gasteiger partial charge in [0.25, 0.3) is 5.91 Å². The molecule has 0 bridgehead atoms. The molecule has 1 saturated heterocycles.